The van der Waals surface area contributed by atoms with Crippen LogP contribution < -0.4 is 5.32 Å². The maximum absolute atomic E-state index is 12.7. The summed E-state index contributed by atoms with van der Waals surface area (Å²) in [4.78, 5) is 27.1. The standard InChI is InChI=1S/C20H25N3O4/c1-12(2)18-17(14(4)22-27-18)19(24)21-16-7-5-15(6-8-16)20(25)23-9-10-26-11-13(23)3/h5-8,12-13H,9-11H2,1-4H3,(H,21,24). The van der Waals surface area contributed by atoms with Gasteiger partial charge < -0.3 is 19.5 Å². The van der Waals surface area contributed by atoms with Crippen molar-refractivity contribution < 1.29 is 18.8 Å². The lowest BCUT2D eigenvalue weighted by molar-refractivity contribution is 0.00359. The van der Waals surface area contributed by atoms with Crippen molar-refractivity contribution in [1.82, 2.24) is 10.1 Å². The molecule has 0 spiro atoms. The van der Waals surface area contributed by atoms with Gasteiger partial charge in [0.25, 0.3) is 11.8 Å². The molecule has 1 N–H and O–H groups in total. The van der Waals surface area contributed by atoms with Crippen LogP contribution in [-0.2, 0) is 4.74 Å². The van der Waals surface area contributed by atoms with Crippen LogP contribution >= 0.6 is 0 Å². The molecule has 0 radical (unpaired) electrons. The van der Waals surface area contributed by atoms with Gasteiger partial charge in [-0.3, -0.25) is 9.59 Å². The van der Waals surface area contributed by atoms with Crippen LogP contribution in [0.4, 0.5) is 5.69 Å². The third-order valence-electron chi connectivity index (χ3n) is 4.66. The van der Waals surface area contributed by atoms with Crippen LogP contribution in [0.5, 0.6) is 0 Å². The second kappa shape index (κ2) is 7.92. The van der Waals surface area contributed by atoms with E-state index in [-0.39, 0.29) is 23.8 Å². The molecule has 1 aromatic heterocycles. The number of nitrogens with one attached hydrogen (secondary N) is 1. The fourth-order valence-corrected chi connectivity index (χ4v) is 3.14. The minimum absolute atomic E-state index is 0.0272. The van der Waals surface area contributed by atoms with Crippen molar-refractivity contribution in [2.75, 3.05) is 25.1 Å². The molecule has 0 aliphatic carbocycles. The van der Waals surface area contributed by atoms with Crippen molar-refractivity contribution >= 4 is 17.5 Å². The first kappa shape index (κ1) is 19.1. The smallest absolute Gasteiger partial charge is 0.261 e. The van der Waals surface area contributed by atoms with Crippen molar-refractivity contribution in [2.45, 2.75) is 39.7 Å². The molecule has 1 saturated heterocycles. The molecule has 2 amide bonds. The van der Waals surface area contributed by atoms with Crippen LogP contribution in [0, 0.1) is 6.92 Å². The Hall–Kier alpha value is -2.67. The van der Waals surface area contributed by atoms with Crippen LogP contribution in [0.15, 0.2) is 28.8 Å². The minimum Gasteiger partial charge on any atom is -0.377 e. The van der Waals surface area contributed by atoms with E-state index in [0.29, 0.717) is 48.0 Å². The van der Waals surface area contributed by atoms with Crippen molar-refractivity contribution in [1.29, 1.82) is 0 Å². The summed E-state index contributed by atoms with van der Waals surface area (Å²) >= 11 is 0. The van der Waals surface area contributed by atoms with E-state index in [4.69, 9.17) is 9.26 Å². The van der Waals surface area contributed by atoms with E-state index in [0.717, 1.165) is 0 Å². The topological polar surface area (TPSA) is 84.7 Å². The van der Waals surface area contributed by atoms with E-state index in [1.165, 1.54) is 0 Å². The molecule has 1 fully saturated rings. The van der Waals surface area contributed by atoms with E-state index in [2.05, 4.69) is 10.5 Å². The van der Waals surface area contributed by atoms with Gasteiger partial charge in [0.1, 0.15) is 5.56 Å². The monoisotopic (exact) mass is 371 g/mol. The maximum atomic E-state index is 12.7. The molecule has 1 unspecified atom stereocenters. The lowest BCUT2D eigenvalue weighted by Gasteiger charge is -2.33. The number of ether oxygens (including phenoxy) is 1. The summed E-state index contributed by atoms with van der Waals surface area (Å²) in [6.07, 6.45) is 0. The SMILES string of the molecule is Cc1noc(C(C)C)c1C(=O)Nc1ccc(C(=O)N2CCOCC2C)cc1. The average molecular weight is 371 g/mol. The average Bonchev–Trinajstić information content (AvgIpc) is 3.04. The van der Waals surface area contributed by atoms with Gasteiger partial charge in [0.05, 0.1) is 24.9 Å². The highest BCUT2D eigenvalue weighted by molar-refractivity contribution is 6.06. The molecular formula is C20H25N3O4. The fraction of sp³-hybridized carbons (Fsp3) is 0.450. The Morgan fingerprint density at radius 1 is 1.26 bits per heavy atom. The predicted molar refractivity (Wildman–Crippen MR) is 101 cm³/mol. The number of carbonyl (C=O) groups excluding carboxylic acids is 2. The number of carbonyl (C=O) groups is 2. The molecule has 1 aliphatic heterocycles. The zero-order chi connectivity index (χ0) is 19.6. The number of nitrogens with zero attached hydrogens (tertiary/aromatic N) is 2. The Kier molecular flexibility index (Phi) is 5.60. The Morgan fingerprint density at radius 2 is 1.96 bits per heavy atom. The third-order valence-corrected chi connectivity index (χ3v) is 4.66. The first-order chi connectivity index (χ1) is 12.9. The Morgan fingerprint density at radius 3 is 2.59 bits per heavy atom. The normalized spacial score (nSPS) is 17.2. The highest BCUT2D eigenvalue weighted by Gasteiger charge is 2.25. The molecule has 0 saturated carbocycles. The number of hydrogen-bond acceptors (Lipinski definition) is 5. The number of rotatable bonds is 4. The van der Waals surface area contributed by atoms with Crippen molar-refractivity contribution in [3.63, 3.8) is 0 Å². The first-order valence-electron chi connectivity index (χ1n) is 9.14. The molecule has 3 rings (SSSR count). The van der Waals surface area contributed by atoms with Gasteiger partial charge in [-0.05, 0) is 38.1 Å². The van der Waals surface area contributed by atoms with Crippen molar-refractivity contribution in [3.8, 4) is 0 Å². The number of aromatic nitrogens is 1. The highest BCUT2D eigenvalue weighted by atomic mass is 16.5. The van der Waals surface area contributed by atoms with E-state index in [1.54, 1.807) is 31.2 Å². The molecule has 27 heavy (non-hydrogen) atoms. The van der Waals surface area contributed by atoms with Gasteiger partial charge in [0.15, 0.2) is 5.76 Å². The highest BCUT2D eigenvalue weighted by Crippen LogP contribution is 2.23. The summed E-state index contributed by atoms with van der Waals surface area (Å²) in [6, 6.07) is 6.97. The number of amides is 2. The number of anilines is 1. The Balaban J connectivity index is 1.72. The van der Waals surface area contributed by atoms with Crippen LogP contribution in [0.1, 0.15) is 58.9 Å². The number of benzene rings is 1. The minimum atomic E-state index is -0.265. The number of morpholine rings is 1. The molecule has 0 bridgehead atoms. The maximum Gasteiger partial charge on any atom is 0.261 e. The zero-order valence-corrected chi connectivity index (χ0v) is 16.1. The Bertz CT molecular complexity index is 826. The largest absolute Gasteiger partial charge is 0.377 e. The summed E-state index contributed by atoms with van der Waals surface area (Å²) in [7, 11) is 0. The van der Waals surface area contributed by atoms with Gasteiger partial charge in [-0.2, -0.15) is 0 Å². The Labute approximate surface area is 158 Å². The molecule has 2 heterocycles. The van der Waals surface area contributed by atoms with E-state index in [1.807, 2.05) is 25.7 Å². The van der Waals surface area contributed by atoms with Crippen molar-refractivity contribution in [3.05, 3.63) is 46.8 Å². The summed E-state index contributed by atoms with van der Waals surface area (Å²) in [6.45, 7) is 9.31. The molecular weight excluding hydrogens is 346 g/mol. The molecule has 2 aromatic rings. The third kappa shape index (κ3) is 4.03. The number of aryl methyl sites for hydroxylation is 1. The van der Waals surface area contributed by atoms with Crippen LogP contribution in [-0.4, -0.2) is 47.7 Å². The molecule has 1 atom stereocenters. The molecule has 144 valence electrons. The van der Waals surface area contributed by atoms with E-state index < -0.39 is 0 Å². The second-order valence-corrected chi connectivity index (χ2v) is 7.12. The van der Waals surface area contributed by atoms with Gasteiger partial charge in [-0.25, -0.2) is 0 Å². The zero-order valence-electron chi connectivity index (χ0n) is 16.1. The predicted octanol–water partition coefficient (Wildman–Crippen LogP) is 3.22. The van der Waals surface area contributed by atoms with Gasteiger partial charge in [-0.1, -0.05) is 19.0 Å². The van der Waals surface area contributed by atoms with Gasteiger partial charge >= 0.3 is 0 Å². The quantitative estimate of drug-likeness (QED) is 0.892. The van der Waals surface area contributed by atoms with Crippen LogP contribution in [0.3, 0.4) is 0 Å². The first-order valence-corrected chi connectivity index (χ1v) is 9.14. The van der Waals surface area contributed by atoms with E-state index in [9.17, 15) is 9.59 Å². The summed E-state index contributed by atoms with van der Waals surface area (Å²) < 4.78 is 10.7. The second-order valence-electron chi connectivity index (χ2n) is 7.12. The molecule has 1 aromatic carbocycles. The fourth-order valence-electron chi connectivity index (χ4n) is 3.14. The molecule has 7 nitrogen and oxygen atoms in total. The van der Waals surface area contributed by atoms with Gasteiger partial charge in [0, 0.05) is 23.7 Å². The summed E-state index contributed by atoms with van der Waals surface area (Å²) in [5, 5.41) is 6.75. The number of hydrogen-bond donors (Lipinski definition) is 1. The van der Waals surface area contributed by atoms with Crippen LogP contribution in [0.2, 0.25) is 0 Å². The molecule has 7 heteroatoms. The molecule has 1 aliphatic rings. The van der Waals surface area contributed by atoms with Gasteiger partial charge in [0.2, 0.25) is 0 Å². The lowest BCUT2D eigenvalue weighted by atomic mass is 10.0. The van der Waals surface area contributed by atoms with Gasteiger partial charge in [-0.15, -0.1) is 0 Å². The van der Waals surface area contributed by atoms with E-state index >= 15 is 0 Å². The lowest BCUT2D eigenvalue weighted by Crippen LogP contribution is -2.47. The summed E-state index contributed by atoms with van der Waals surface area (Å²) in [5.41, 5.74) is 2.23. The van der Waals surface area contributed by atoms with Crippen molar-refractivity contribution in [2.24, 2.45) is 0 Å². The summed E-state index contributed by atoms with van der Waals surface area (Å²) in [5.74, 6) is 0.333. The van der Waals surface area contributed by atoms with Crippen LogP contribution in [0.25, 0.3) is 0 Å².